The molecule has 0 aliphatic heterocycles. The molecule has 0 radical (unpaired) electrons. The molecule has 3 unspecified atom stereocenters. The Morgan fingerprint density at radius 3 is 2.90 bits per heavy atom. The van der Waals surface area contributed by atoms with Crippen molar-refractivity contribution in [2.75, 3.05) is 18.5 Å². The largest absolute Gasteiger partial charge is 0.478 e. The van der Waals surface area contributed by atoms with Gasteiger partial charge in [-0.3, -0.25) is 0 Å². The van der Waals surface area contributed by atoms with Crippen LogP contribution in [-0.2, 0) is 0 Å². The molecular formula is C16H25N3O. The van der Waals surface area contributed by atoms with Crippen LogP contribution in [0.15, 0.2) is 6.07 Å². The first kappa shape index (κ1) is 13.7. The highest BCUT2D eigenvalue weighted by atomic mass is 16.5. The number of rotatable bonds is 6. The van der Waals surface area contributed by atoms with Gasteiger partial charge in [0, 0.05) is 18.3 Å². The summed E-state index contributed by atoms with van der Waals surface area (Å²) in [4.78, 5) is 8.91. The van der Waals surface area contributed by atoms with Gasteiger partial charge >= 0.3 is 0 Å². The van der Waals surface area contributed by atoms with Gasteiger partial charge in [-0.25, -0.2) is 4.98 Å². The molecule has 1 N–H and O–H groups in total. The van der Waals surface area contributed by atoms with Crippen LogP contribution in [0.1, 0.15) is 44.7 Å². The molecule has 0 spiro atoms. The van der Waals surface area contributed by atoms with Crippen molar-refractivity contribution in [3.63, 3.8) is 0 Å². The summed E-state index contributed by atoms with van der Waals surface area (Å²) in [6.45, 7) is 5.81. The van der Waals surface area contributed by atoms with Crippen LogP contribution in [0.4, 0.5) is 5.95 Å². The lowest BCUT2D eigenvalue weighted by Crippen LogP contribution is -2.21. The third-order valence-electron chi connectivity index (χ3n) is 4.69. The molecule has 1 heterocycles. The molecule has 2 fully saturated rings. The molecule has 0 aromatic carbocycles. The van der Waals surface area contributed by atoms with Crippen molar-refractivity contribution in [3.05, 3.63) is 11.8 Å². The highest BCUT2D eigenvalue weighted by Crippen LogP contribution is 2.48. The van der Waals surface area contributed by atoms with E-state index < -0.39 is 0 Å². The highest BCUT2D eigenvalue weighted by Gasteiger charge is 2.39. The van der Waals surface area contributed by atoms with Gasteiger partial charge < -0.3 is 10.1 Å². The first-order valence-electron chi connectivity index (χ1n) is 7.97. The van der Waals surface area contributed by atoms with Gasteiger partial charge in [-0.05, 0) is 50.4 Å². The van der Waals surface area contributed by atoms with Crippen LogP contribution in [0, 0.1) is 24.7 Å². The van der Waals surface area contributed by atoms with Gasteiger partial charge in [0.2, 0.25) is 11.8 Å². The van der Waals surface area contributed by atoms with Crippen molar-refractivity contribution in [1.82, 2.24) is 9.97 Å². The maximum absolute atomic E-state index is 5.61. The van der Waals surface area contributed by atoms with Crippen LogP contribution in [0.25, 0.3) is 0 Å². The van der Waals surface area contributed by atoms with Crippen LogP contribution in [0.2, 0.25) is 0 Å². The lowest BCUT2D eigenvalue weighted by Gasteiger charge is -2.21. The lowest BCUT2D eigenvalue weighted by molar-refractivity contribution is 0.304. The summed E-state index contributed by atoms with van der Waals surface area (Å²) in [5.41, 5.74) is 0.960. The van der Waals surface area contributed by atoms with Crippen LogP contribution >= 0.6 is 0 Å². The first-order chi connectivity index (χ1) is 9.74. The van der Waals surface area contributed by atoms with E-state index in [1.165, 1.54) is 25.7 Å². The summed E-state index contributed by atoms with van der Waals surface area (Å²) >= 11 is 0. The number of nitrogens with zero attached hydrogens (tertiary/aromatic N) is 2. The molecule has 2 saturated carbocycles. The number of nitrogens with one attached hydrogen (secondary N) is 1. The Morgan fingerprint density at radius 1 is 1.30 bits per heavy atom. The molecule has 4 nitrogen and oxygen atoms in total. The van der Waals surface area contributed by atoms with E-state index in [0.29, 0.717) is 12.5 Å². The Labute approximate surface area is 121 Å². The molecule has 110 valence electrons. The van der Waals surface area contributed by atoms with Gasteiger partial charge in [0.25, 0.3) is 0 Å². The smallest absolute Gasteiger partial charge is 0.226 e. The van der Waals surface area contributed by atoms with Crippen molar-refractivity contribution >= 4 is 5.95 Å². The number of hydrogen-bond donors (Lipinski definition) is 1. The normalized spacial score (nSPS) is 27.8. The highest BCUT2D eigenvalue weighted by molar-refractivity contribution is 5.30. The van der Waals surface area contributed by atoms with Gasteiger partial charge in [-0.15, -0.1) is 0 Å². The summed E-state index contributed by atoms with van der Waals surface area (Å²) in [5, 5.41) is 3.43. The average Bonchev–Trinajstić information content (AvgIpc) is 3.05. The minimum absolute atomic E-state index is 0.690. The Hall–Kier alpha value is -1.32. The maximum Gasteiger partial charge on any atom is 0.226 e. The zero-order valence-corrected chi connectivity index (χ0v) is 12.6. The monoisotopic (exact) mass is 275 g/mol. The number of fused-ring (bicyclic) bond motifs is 2. The third kappa shape index (κ3) is 3.05. The summed E-state index contributed by atoms with van der Waals surface area (Å²) in [5.74, 6) is 4.16. The van der Waals surface area contributed by atoms with Crippen molar-refractivity contribution < 1.29 is 4.74 Å². The van der Waals surface area contributed by atoms with E-state index in [9.17, 15) is 0 Å². The van der Waals surface area contributed by atoms with Gasteiger partial charge in [0.1, 0.15) is 0 Å². The fourth-order valence-corrected chi connectivity index (χ4v) is 3.75. The number of anilines is 1. The van der Waals surface area contributed by atoms with Crippen molar-refractivity contribution in [3.8, 4) is 5.88 Å². The predicted molar refractivity (Wildman–Crippen MR) is 80.0 cm³/mol. The van der Waals surface area contributed by atoms with E-state index in [4.69, 9.17) is 4.74 Å². The Morgan fingerprint density at radius 2 is 2.20 bits per heavy atom. The molecule has 3 atom stereocenters. The molecular weight excluding hydrogens is 250 g/mol. The fraction of sp³-hybridized carbons (Fsp3) is 0.750. The Balaban J connectivity index is 1.57. The topological polar surface area (TPSA) is 47.0 Å². The lowest BCUT2D eigenvalue weighted by atomic mass is 9.89. The first-order valence-corrected chi connectivity index (χ1v) is 7.97. The maximum atomic E-state index is 5.61. The number of ether oxygens (including phenoxy) is 1. The molecule has 1 aromatic rings. The molecule has 1 aromatic heterocycles. The van der Waals surface area contributed by atoms with E-state index in [1.54, 1.807) is 0 Å². The van der Waals surface area contributed by atoms with E-state index in [2.05, 4.69) is 22.2 Å². The molecule has 0 amide bonds. The summed E-state index contributed by atoms with van der Waals surface area (Å²) < 4.78 is 5.61. The van der Waals surface area contributed by atoms with Gasteiger partial charge in [0.15, 0.2) is 0 Å². The molecule has 2 aliphatic rings. The standard InChI is InChI=1S/C16H25N3O/c1-3-6-20-15-7-11(2)18-16(19-15)17-10-14-9-12-4-5-13(14)8-12/h7,12-14H,3-6,8-10H2,1-2H3,(H,17,18,19). The third-order valence-corrected chi connectivity index (χ3v) is 4.69. The summed E-state index contributed by atoms with van der Waals surface area (Å²) in [6, 6.07) is 1.90. The van der Waals surface area contributed by atoms with Crippen molar-refractivity contribution in [2.45, 2.75) is 46.0 Å². The zero-order valence-electron chi connectivity index (χ0n) is 12.6. The van der Waals surface area contributed by atoms with Gasteiger partial charge in [-0.1, -0.05) is 13.3 Å². The quantitative estimate of drug-likeness (QED) is 0.864. The molecule has 0 saturated heterocycles. The molecule has 2 bridgehead atoms. The van der Waals surface area contributed by atoms with Crippen LogP contribution in [0.5, 0.6) is 5.88 Å². The van der Waals surface area contributed by atoms with Gasteiger partial charge in [0.05, 0.1) is 6.61 Å². The predicted octanol–water partition coefficient (Wildman–Crippen LogP) is 3.42. The summed E-state index contributed by atoms with van der Waals surface area (Å²) in [7, 11) is 0. The fourth-order valence-electron chi connectivity index (χ4n) is 3.75. The number of aromatic nitrogens is 2. The van der Waals surface area contributed by atoms with E-state index in [1.807, 2.05) is 13.0 Å². The molecule has 2 aliphatic carbocycles. The van der Waals surface area contributed by atoms with Crippen LogP contribution < -0.4 is 10.1 Å². The van der Waals surface area contributed by atoms with E-state index in [-0.39, 0.29) is 0 Å². The summed E-state index contributed by atoms with van der Waals surface area (Å²) in [6.07, 6.45) is 6.72. The number of aryl methyl sites for hydroxylation is 1. The molecule has 20 heavy (non-hydrogen) atoms. The Bertz CT molecular complexity index is 463. The van der Waals surface area contributed by atoms with Crippen LogP contribution in [-0.4, -0.2) is 23.1 Å². The van der Waals surface area contributed by atoms with Crippen molar-refractivity contribution in [1.29, 1.82) is 0 Å². The Kier molecular flexibility index (Phi) is 4.08. The average molecular weight is 275 g/mol. The zero-order chi connectivity index (χ0) is 13.9. The van der Waals surface area contributed by atoms with Crippen molar-refractivity contribution in [2.24, 2.45) is 17.8 Å². The second-order valence-electron chi connectivity index (χ2n) is 6.34. The van der Waals surface area contributed by atoms with E-state index >= 15 is 0 Å². The molecule has 4 heteroatoms. The molecule has 3 rings (SSSR count). The number of hydrogen-bond acceptors (Lipinski definition) is 4. The SMILES string of the molecule is CCCOc1cc(C)nc(NCC2CC3CCC2C3)n1. The minimum atomic E-state index is 0.690. The van der Waals surface area contributed by atoms with Gasteiger partial charge in [-0.2, -0.15) is 4.98 Å². The second kappa shape index (κ2) is 5.98. The van der Waals surface area contributed by atoms with Crippen LogP contribution in [0.3, 0.4) is 0 Å². The minimum Gasteiger partial charge on any atom is -0.478 e. The van der Waals surface area contributed by atoms with E-state index in [0.717, 1.165) is 42.4 Å². The second-order valence-corrected chi connectivity index (χ2v) is 6.34.